The second-order valence-corrected chi connectivity index (χ2v) is 9.77. The van der Waals surface area contributed by atoms with E-state index in [4.69, 9.17) is 9.47 Å². The summed E-state index contributed by atoms with van der Waals surface area (Å²) in [4.78, 5) is 6.96. The molecule has 0 spiro atoms. The summed E-state index contributed by atoms with van der Waals surface area (Å²) in [7, 11) is 0. The van der Waals surface area contributed by atoms with E-state index in [1.807, 2.05) is 36.5 Å². The number of para-hydroxylation sites is 2. The van der Waals surface area contributed by atoms with Crippen LogP contribution in [0.5, 0.6) is 11.5 Å². The Bertz CT molecular complexity index is 1100. The van der Waals surface area contributed by atoms with E-state index in [0.29, 0.717) is 6.61 Å². The number of nitrogens with zero attached hydrogens (tertiary/aromatic N) is 2. The van der Waals surface area contributed by atoms with Crippen molar-refractivity contribution in [3.8, 4) is 11.5 Å². The number of hydrogen-bond donors (Lipinski definition) is 1. The first-order valence-corrected chi connectivity index (χ1v) is 11.7. The summed E-state index contributed by atoms with van der Waals surface area (Å²) in [5.41, 5.74) is 2.17. The fourth-order valence-electron chi connectivity index (χ4n) is 4.93. The number of pyridine rings is 1. The summed E-state index contributed by atoms with van der Waals surface area (Å²) < 4.78 is 12.2. The van der Waals surface area contributed by atoms with Crippen molar-refractivity contribution in [1.82, 2.24) is 9.88 Å². The molecule has 1 N–H and O–H groups in total. The van der Waals surface area contributed by atoms with Gasteiger partial charge in [-0.05, 0) is 51.3 Å². The summed E-state index contributed by atoms with van der Waals surface area (Å²) in [5.74, 6) is 1.76. The van der Waals surface area contributed by atoms with Gasteiger partial charge in [0.05, 0.1) is 17.7 Å². The van der Waals surface area contributed by atoms with E-state index in [1.165, 1.54) is 5.56 Å². The molecule has 1 aromatic heterocycles. The van der Waals surface area contributed by atoms with Crippen molar-refractivity contribution < 1.29 is 14.6 Å². The number of hydrogen-bond acceptors (Lipinski definition) is 5. The lowest BCUT2D eigenvalue weighted by molar-refractivity contribution is -0.0266. The maximum absolute atomic E-state index is 11.3. The van der Waals surface area contributed by atoms with E-state index < -0.39 is 5.60 Å². The fourth-order valence-corrected chi connectivity index (χ4v) is 4.93. The third-order valence-corrected chi connectivity index (χ3v) is 6.74. The molecule has 32 heavy (non-hydrogen) atoms. The maximum Gasteiger partial charge on any atom is 0.165 e. The van der Waals surface area contributed by atoms with Gasteiger partial charge >= 0.3 is 0 Å². The molecule has 0 saturated carbocycles. The van der Waals surface area contributed by atoms with Crippen LogP contribution in [0.2, 0.25) is 0 Å². The van der Waals surface area contributed by atoms with Gasteiger partial charge in [0.25, 0.3) is 0 Å². The summed E-state index contributed by atoms with van der Waals surface area (Å²) in [6, 6.07) is 16.3. The van der Waals surface area contributed by atoms with Crippen LogP contribution in [0.3, 0.4) is 0 Å². The minimum Gasteiger partial charge on any atom is -0.490 e. The normalized spacial score (nSPS) is 19.5. The van der Waals surface area contributed by atoms with Crippen molar-refractivity contribution >= 4 is 10.9 Å². The number of aromatic nitrogens is 1. The first-order chi connectivity index (χ1) is 15.4. The first-order valence-electron chi connectivity index (χ1n) is 11.7. The monoisotopic (exact) mass is 432 g/mol. The number of fused-ring (bicyclic) bond motifs is 2. The Morgan fingerprint density at radius 2 is 1.91 bits per heavy atom. The Hall–Kier alpha value is -2.63. The van der Waals surface area contributed by atoms with Crippen molar-refractivity contribution in [2.45, 2.75) is 50.7 Å². The molecule has 0 unspecified atom stereocenters. The molecular formula is C27H32N2O3. The van der Waals surface area contributed by atoms with Crippen LogP contribution in [0.25, 0.3) is 10.9 Å². The standard InChI is InChI=1S/C27H32N2O3/c1-26(2)18-21-8-5-10-24(25(21)32-26)31-16-6-13-29-14-11-27(30,12-15-29)22-17-20-7-3-4-9-23(20)28-19-22/h3-5,7-10,17,19,30H,6,11-16,18H2,1-2H3. The molecule has 0 amide bonds. The molecule has 1 saturated heterocycles. The molecule has 1 fully saturated rings. The van der Waals surface area contributed by atoms with Crippen molar-refractivity contribution in [1.29, 1.82) is 0 Å². The van der Waals surface area contributed by atoms with Gasteiger partial charge in [-0.1, -0.05) is 30.3 Å². The molecule has 3 aromatic rings. The molecular weight excluding hydrogens is 400 g/mol. The van der Waals surface area contributed by atoms with Crippen molar-refractivity contribution in [2.75, 3.05) is 26.2 Å². The zero-order chi connectivity index (χ0) is 22.2. The fraction of sp³-hybridized carbons (Fsp3) is 0.444. The Morgan fingerprint density at radius 3 is 2.75 bits per heavy atom. The zero-order valence-corrected chi connectivity index (χ0v) is 19.0. The van der Waals surface area contributed by atoms with Crippen LogP contribution < -0.4 is 9.47 Å². The van der Waals surface area contributed by atoms with Gasteiger partial charge in [0, 0.05) is 48.8 Å². The Balaban J connectivity index is 1.12. The van der Waals surface area contributed by atoms with Crippen molar-refractivity contribution in [2.24, 2.45) is 0 Å². The van der Waals surface area contributed by atoms with Crippen LogP contribution in [-0.2, 0) is 12.0 Å². The van der Waals surface area contributed by atoms with Gasteiger partial charge in [-0.15, -0.1) is 0 Å². The molecule has 0 atom stereocenters. The van der Waals surface area contributed by atoms with Crippen LogP contribution in [-0.4, -0.2) is 46.8 Å². The summed E-state index contributed by atoms with van der Waals surface area (Å²) >= 11 is 0. The third kappa shape index (κ3) is 4.32. The molecule has 5 nitrogen and oxygen atoms in total. The Labute approximate surface area is 190 Å². The highest BCUT2D eigenvalue weighted by Gasteiger charge is 2.34. The Morgan fingerprint density at radius 1 is 1.09 bits per heavy atom. The maximum atomic E-state index is 11.3. The van der Waals surface area contributed by atoms with Crippen molar-refractivity contribution in [3.05, 3.63) is 65.9 Å². The smallest absolute Gasteiger partial charge is 0.165 e. The number of aliphatic hydroxyl groups is 1. The molecule has 2 aliphatic heterocycles. The summed E-state index contributed by atoms with van der Waals surface area (Å²) in [6.45, 7) is 7.61. The van der Waals surface area contributed by atoms with Gasteiger partial charge in [-0.2, -0.15) is 0 Å². The molecule has 5 rings (SSSR count). The van der Waals surface area contributed by atoms with Crippen LogP contribution in [0.15, 0.2) is 54.7 Å². The molecule has 3 heterocycles. The quantitative estimate of drug-likeness (QED) is 0.572. The first kappa shape index (κ1) is 21.2. The number of piperidine rings is 1. The van der Waals surface area contributed by atoms with Crippen LogP contribution in [0.4, 0.5) is 0 Å². The average molecular weight is 433 g/mol. The SMILES string of the molecule is CC1(C)Cc2cccc(OCCCN3CCC(O)(c4cnc5ccccc5c4)CC3)c2O1. The second kappa shape index (κ2) is 8.38. The van der Waals surface area contributed by atoms with Gasteiger partial charge in [0.15, 0.2) is 11.5 Å². The summed E-state index contributed by atoms with van der Waals surface area (Å²) in [5, 5.41) is 12.3. The van der Waals surface area contributed by atoms with E-state index in [2.05, 4.69) is 41.9 Å². The van der Waals surface area contributed by atoms with E-state index >= 15 is 0 Å². The van der Waals surface area contributed by atoms with Gasteiger partial charge in [0.1, 0.15) is 5.60 Å². The van der Waals surface area contributed by atoms with Gasteiger partial charge in [-0.3, -0.25) is 4.98 Å². The molecule has 0 bridgehead atoms. The Kier molecular flexibility index (Phi) is 5.56. The van der Waals surface area contributed by atoms with E-state index in [0.717, 1.165) is 73.3 Å². The number of likely N-dealkylation sites (tertiary alicyclic amines) is 1. The van der Waals surface area contributed by atoms with E-state index in [1.54, 1.807) is 0 Å². The highest BCUT2D eigenvalue weighted by Crippen LogP contribution is 2.41. The molecule has 0 radical (unpaired) electrons. The van der Waals surface area contributed by atoms with Gasteiger partial charge in [-0.25, -0.2) is 0 Å². The highest BCUT2D eigenvalue weighted by atomic mass is 16.5. The topological polar surface area (TPSA) is 54.8 Å². The lowest BCUT2D eigenvalue weighted by Crippen LogP contribution is -2.43. The summed E-state index contributed by atoms with van der Waals surface area (Å²) in [6.07, 6.45) is 5.16. The van der Waals surface area contributed by atoms with Crippen LogP contribution >= 0.6 is 0 Å². The predicted octanol–water partition coefficient (Wildman–Crippen LogP) is 4.70. The van der Waals surface area contributed by atoms with E-state index in [9.17, 15) is 5.11 Å². The third-order valence-electron chi connectivity index (χ3n) is 6.74. The highest BCUT2D eigenvalue weighted by molar-refractivity contribution is 5.78. The number of rotatable bonds is 6. The molecule has 2 aromatic carbocycles. The zero-order valence-electron chi connectivity index (χ0n) is 19.0. The predicted molar refractivity (Wildman–Crippen MR) is 126 cm³/mol. The number of benzene rings is 2. The minimum absolute atomic E-state index is 0.160. The molecule has 0 aliphatic carbocycles. The van der Waals surface area contributed by atoms with Crippen molar-refractivity contribution in [3.63, 3.8) is 0 Å². The van der Waals surface area contributed by atoms with E-state index in [-0.39, 0.29) is 5.60 Å². The van der Waals surface area contributed by atoms with Gasteiger partial charge < -0.3 is 19.5 Å². The second-order valence-electron chi connectivity index (χ2n) is 9.77. The van der Waals surface area contributed by atoms with Crippen LogP contribution in [0.1, 0.15) is 44.2 Å². The lowest BCUT2D eigenvalue weighted by Gasteiger charge is -2.38. The average Bonchev–Trinajstić information content (AvgIpc) is 3.12. The molecule has 168 valence electrons. The lowest BCUT2D eigenvalue weighted by atomic mass is 9.85. The van der Waals surface area contributed by atoms with Crippen LogP contribution in [0, 0.1) is 0 Å². The minimum atomic E-state index is -0.793. The largest absolute Gasteiger partial charge is 0.490 e. The molecule has 5 heteroatoms. The molecule has 2 aliphatic rings. The number of ether oxygens (including phenoxy) is 2. The van der Waals surface area contributed by atoms with Gasteiger partial charge in [0.2, 0.25) is 0 Å².